The van der Waals surface area contributed by atoms with Gasteiger partial charge in [-0.25, -0.2) is 4.98 Å². The zero-order chi connectivity index (χ0) is 16.9. The van der Waals surface area contributed by atoms with Gasteiger partial charge in [-0.3, -0.25) is 9.69 Å². The van der Waals surface area contributed by atoms with Gasteiger partial charge in [0.2, 0.25) is 5.91 Å². The summed E-state index contributed by atoms with van der Waals surface area (Å²) in [4.78, 5) is 21.2. The first-order chi connectivity index (χ1) is 11.7. The lowest BCUT2D eigenvalue weighted by molar-refractivity contribution is -0.120. The van der Waals surface area contributed by atoms with Gasteiger partial charge >= 0.3 is 0 Å². The summed E-state index contributed by atoms with van der Waals surface area (Å²) in [7, 11) is 0. The van der Waals surface area contributed by atoms with Crippen LogP contribution in [0.1, 0.15) is 12.5 Å². The van der Waals surface area contributed by atoms with E-state index in [1.807, 2.05) is 18.5 Å². The molecule has 7 heteroatoms. The number of piperazine rings is 1. The van der Waals surface area contributed by atoms with Gasteiger partial charge in [0.15, 0.2) is 5.13 Å². The smallest absolute Gasteiger partial charge is 0.241 e. The van der Waals surface area contributed by atoms with Crippen molar-refractivity contribution in [2.45, 2.75) is 13.0 Å². The van der Waals surface area contributed by atoms with Crippen molar-refractivity contribution in [3.63, 3.8) is 0 Å². The number of benzene rings is 1. The summed E-state index contributed by atoms with van der Waals surface area (Å²) >= 11 is 1.64. The van der Waals surface area contributed by atoms with E-state index in [0.717, 1.165) is 31.3 Å². The first-order valence-corrected chi connectivity index (χ1v) is 8.75. The largest absolute Gasteiger partial charge is 0.346 e. The lowest BCUT2D eigenvalue weighted by Gasteiger charge is -2.37. The Labute approximate surface area is 145 Å². The third-order valence-corrected chi connectivity index (χ3v) is 5.04. The van der Waals surface area contributed by atoms with Gasteiger partial charge in [0.25, 0.3) is 0 Å². The molecule has 1 saturated heterocycles. The van der Waals surface area contributed by atoms with Crippen molar-refractivity contribution in [3.8, 4) is 6.07 Å². The third kappa shape index (κ3) is 3.72. The molecule has 124 valence electrons. The van der Waals surface area contributed by atoms with Gasteiger partial charge in [0, 0.05) is 43.4 Å². The van der Waals surface area contributed by atoms with Crippen LogP contribution in [0, 0.1) is 11.3 Å². The van der Waals surface area contributed by atoms with Crippen LogP contribution < -0.4 is 10.2 Å². The van der Waals surface area contributed by atoms with E-state index < -0.39 is 0 Å². The molecular weight excluding hydrogens is 322 g/mol. The van der Waals surface area contributed by atoms with Gasteiger partial charge < -0.3 is 10.2 Å². The average Bonchev–Trinajstić information content (AvgIpc) is 3.16. The predicted octanol–water partition coefficient (Wildman–Crippen LogP) is 2.16. The second-order valence-electron chi connectivity index (χ2n) is 5.69. The van der Waals surface area contributed by atoms with E-state index in [1.165, 1.54) is 0 Å². The van der Waals surface area contributed by atoms with Gasteiger partial charge in [-0.15, -0.1) is 11.3 Å². The summed E-state index contributed by atoms with van der Waals surface area (Å²) < 4.78 is 0. The molecule has 0 saturated carbocycles. The summed E-state index contributed by atoms with van der Waals surface area (Å²) in [6, 6.07) is 8.78. The van der Waals surface area contributed by atoms with E-state index >= 15 is 0 Å². The second kappa shape index (κ2) is 7.43. The highest BCUT2D eigenvalue weighted by Crippen LogP contribution is 2.20. The molecule has 1 aromatic carbocycles. The highest BCUT2D eigenvalue weighted by atomic mass is 32.1. The molecule has 0 bridgehead atoms. The topological polar surface area (TPSA) is 72.3 Å². The predicted molar refractivity (Wildman–Crippen MR) is 95.1 cm³/mol. The molecule has 3 rings (SSSR count). The lowest BCUT2D eigenvalue weighted by Crippen LogP contribution is -2.52. The molecule has 1 aliphatic rings. The molecule has 1 aromatic heterocycles. The molecule has 0 radical (unpaired) electrons. The second-order valence-corrected chi connectivity index (χ2v) is 6.57. The summed E-state index contributed by atoms with van der Waals surface area (Å²) in [5.74, 6) is -0.0255. The first kappa shape index (κ1) is 16.4. The van der Waals surface area contributed by atoms with Crippen molar-refractivity contribution in [2.75, 3.05) is 36.4 Å². The van der Waals surface area contributed by atoms with Crippen LogP contribution in [0.4, 0.5) is 10.8 Å². The lowest BCUT2D eigenvalue weighted by atomic mass is 10.2. The molecule has 24 heavy (non-hydrogen) atoms. The Morgan fingerprint density at radius 3 is 2.58 bits per heavy atom. The number of amides is 1. The van der Waals surface area contributed by atoms with E-state index in [4.69, 9.17) is 5.26 Å². The number of anilines is 2. The quantitative estimate of drug-likeness (QED) is 0.923. The molecule has 0 aliphatic carbocycles. The maximum Gasteiger partial charge on any atom is 0.241 e. The summed E-state index contributed by atoms with van der Waals surface area (Å²) in [5.41, 5.74) is 1.30. The molecule has 2 heterocycles. The highest BCUT2D eigenvalue weighted by Gasteiger charge is 2.26. The van der Waals surface area contributed by atoms with Crippen LogP contribution in [0.2, 0.25) is 0 Å². The van der Waals surface area contributed by atoms with Crippen LogP contribution in [-0.2, 0) is 4.79 Å². The van der Waals surface area contributed by atoms with Crippen LogP contribution in [0.15, 0.2) is 35.8 Å². The molecule has 0 spiro atoms. The Balaban J connectivity index is 1.53. The fraction of sp³-hybridized carbons (Fsp3) is 0.353. The highest BCUT2D eigenvalue weighted by molar-refractivity contribution is 7.13. The van der Waals surface area contributed by atoms with Crippen molar-refractivity contribution in [1.29, 1.82) is 5.26 Å². The summed E-state index contributed by atoms with van der Waals surface area (Å²) in [6.07, 6.45) is 1.82. The van der Waals surface area contributed by atoms with Crippen LogP contribution in [0.3, 0.4) is 0 Å². The Kier molecular flexibility index (Phi) is 5.08. The fourth-order valence-electron chi connectivity index (χ4n) is 2.71. The van der Waals surface area contributed by atoms with Gasteiger partial charge in [-0.05, 0) is 31.2 Å². The third-order valence-electron chi connectivity index (χ3n) is 4.21. The summed E-state index contributed by atoms with van der Waals surface area (Å²) in [6.45, 7) is 5.35. The Bertz CT molecular complexity index is 714. The van der Waals surface area contributed by atoms with Crippen molar-refractivity contribution in [3.05, 3.63) is 41.4 Å². The van der Waals surface area contributed by atoms with Gasteiger partial charge in [-0.2, -0.15) is 5.26 Å². The van der Waals surface area contributed by atoms with Crippen LogP contribution in [0.5, 0.6) is 0 Å². The molecule has 0 unspecified atom stereocenters. The number of nitrogens with zero attached hydrogens (tertiary/aromatic N) is 4. The van der Waals surface area contributed by atoms with E-state index in [2.05, 4.69) is 26.2 Å². The zero-order valence-corrected chi connectivity index (χ0v) is 14.3. The van der Waals surface area contributed by atoms with Crippen molar-refractivity contribution in [1.82, 2.24) is 9.88 Å². The standard InChI is InChI=1S/C17H19N5OS/c1-13(16(23)20-15-4-2-14(12-18)3-5-15)21-7-9-22(10-8-21)17-19-6-11-24-17/h2-6,11,13H,7-10H2,1H3,(H,20,23)/t13-/m1/s1. The van der Waals surface area contributed by atoms with Crippen LogP contribution in [0.25, 0.3) is 0 Å². The number of hydrogen-bond donors (Lipinski definition) is 1. The molecule has 1 aliphatic heterocycles. The Morgan fingerprint density at radius 1 is 1.29 bits per heavy atom. The normalized spacial score (nSPS) is 16.4. The minimum atomic E-state index is -0.195. The van der Waals surface area contributed by atoms with Gasteiger partial charge in [0.1, 0.15) is 0 Å². The van der Waals surface area contributed by atoms with Gasteiger partial charge in [0.05, 0.1) is 17.7 Å². The van der Waals surface area contributed by atoms with E-state index in [1.54, 1.807) is 35.6 Å². The van der Waals surface area contributed by atoms with Crippen molar-refractivity contribution >= 4 is 28.1 Å². The maximum absolute atomic E-state index is 12.4. The number of nitriles is 1. The minimum Gasteiger partial charge on any atom is -0.346 e. The monoisotopic (exact) mass is 341 g/mol. The SMILES string of the molecule is C[C@H](C(=O)Nc1ccc(C#N)cc1)N1CCN(c2nccs2)CC1. The van der Waals surface area contributed by atoms with Gasteiger partial charge in [-0.1, -0.05) is 0 Å². The number of rotatable bonds is 4. The molecule has 1 N–H and O–H groups in total. The zero-order valence-electron chi connectivity index (χ0n) is 13.5. The van der Waals surface area contributed by atoms with Crippen molar-refractivity contribution < 1.29 is 4.79 Å². The average molecular weight is 341 g/mol. The van der Waals surface area contributed by atoms with E-state index in [0.29, 0.717) is 11.3 Å². The Morgan fingerprint density at radius 2 is 2.00 bits per heavy atom. The summed E-state index contributed by atoms with van der Waals surface area (Å²) in [5, 5.41) is 14.7. The number of thiazole rings is 1. The number of carbonyl (C=O) groups is 1. The molecule has 2 aromatic rings. The Hall–Kier alpha value is -2.43. The minimum absolute atomic E-state index is 0.0255. The van der Waals surface area contributed by atoms with E-state index in [9.17, 15) is 4.79 Å². The number of hydrogen-bond acceptors (Lipinski definition) is 6. The molecular formula is C17H19N5OS. The molecule has 1 amide bonds. The molecule has 6 nitrogen and oxygen atoms in total. The van der Waals surface area contributed by atoms with Crippen LogP contribution >= 0.6 is 11.3 Å². The first-order valence-electron chi connectivity index (χ1n) is 7.87. The number of nitrogens with one attached hydrogen (secondary N) is 1. The molecule has 1 fully saturated rings. The van der Waals surface area contributed by atoms with Crippen LogP contribution in [-0.4, -0.2) is 48.0 Å². The van der Waals surface area contributed by atoms with Crippen molar-refractivity contribution in [2.24, 2.45) is 0 Å². The molecule has 1 atom stereocenters. The number of carbonyl (C=O) groups excluding carboxylic acids is 1. The fourth-order valence-corrected chi connectivity index (χ4v) is 3.41. The van der Waals surface area contributed by atoms with E-state index in [-0.39, 0.29) is 11.9 Å². The number of aromatic nitrogens is 1. The maximum atomic E-state index is 12.4.